The van der Waals surface area contributed by atoms with E-state index in [9.17, 15) is 13.2 Å². The Morgan fingerprint density at radius 2 is 1.96 bits per heavy atom. The molecule has 2 rings (SSSR count). The Bertz CT molecular complexity index is 962. The fourth-order valence-electron chi connectivity index (χ4n) is 2.66. The SMILES string of the molecule is CCCCn1nc(C)c(C(=O)Nc2cccc(S(=O)(=O)NC(C)(C)C)c2)c1Cl. The van der Waals surface area contributed by atoms with Crippen LogP contribution in [0.15, 0.2) is 29.2 Å². The molecule has 0 radical (unpaired) electrons. The Morgan fingerprint density at radius 3 is 2.57 bits per heavy atom. The molecule has 154 valence electrons. The van der Waals surface area contributed by atoms with Crippen LogP contribution in [0.2, 0.25) is 5.15 Å². The Balaban J connectivity index is 2.25. The van der Waals surface area contributed by atoms with Gasteiger partial charge in [-0.3, -0.25) is 9.48 Å². The minimum atomic E-state index is -3.71. The molecule has 0 atom stereocenters. The lowest BCUT2D eigenvalue weighted by atomic mass is 10.1. The van der Waals surface area contributed by atoms with Crippen molar-refractivity contribution in [2.75, 3.05) is 5.32 Å². The molecule has 0 aliphatic rings. The quantitative estimate of drug-likeness (QED) is 0.700. The summed E-state index contributed by atoms with van der Waals surface area (Å²) >= 11 is 6.34. The van der Waals surface area contributed by atoms with Crippen molar-refractivity contribution in [2.24, 2.45) is 0 Å². The Labute approximate surface area is 171 Å². The van der Waals surface area contributed by atoms with Crippen molar-refractivity contribution in [3.05, 3.63) is 40.7 Å². The van der Waals surface area contributed by atoms with Crippen LogP contribution in [-0.2, 0) is 16.6 Å². The van der Waals surface area contributed by atoms with Gasteiger partial charge in [0.25, 0.3) is 5.91 Å². The first-order chi connectivity index (χ1) is 12.9. The van der Waals surface area contributed by atoms with Crippen molar-refractivity contribution < 1.29 is 13.2 Å². The molecular weight excluding hydrogens is 400 g/mol. The van der Waals surface area contributed by atoms with Gasteiger partial charge in [-0.25, -0.2) is 13.1 Å². The summed E-state index contributed by atoms with van der Waals surface area (Å²) in [7, 11) is -3.71. The number of hydrogen-bond donors (Lipinski definition) is 2. The van der Waals surface area contributed by atoms with Gasteiger partial charge in [0.2, 0.25) is 10.0 Å². The number of nitrogens with one attached hydrogen (secondary N) is 2. The first-order valence-corrected chi connectivity index (χ1v) is 11.0. The van der Waals surface area contributed by atoms with E-state index >= 15 is 0 Å². The highest BCUT2D eigenvalue weighted by atomic mass is 35.5. The van der Waals surface area contributed by atoms with Crippen molar-refractivity contribution in [3.8, 4) is 0 Å². The number of aryl methyl sites for hydroxylation is 2. The van der Waals surface area contributed by atoms with Gasteiger partial charge in [0.1, 0.15) is 5.15 Å². The summed E-state index contributed by atoms with van der Waals surface area (Å²) in [6, 6.07) is 6.09. The first kappa shape index (κ1) is 22.4. The molecule has 0 fully saturated rings. The lowest BCUT2D eigenvalue weighted by molar-refractivity contribution is 0.102. The van der Waals surface area contributed by atoms with E-state index in [1.807, 2.05) is 0 Å². The number of carbonyl (C=O) groups is 1. The van der Waals surface area contributed by atoms with E-state index in [0.29, 0.717) is 23.5 Å². The van der Waals surface area contributed by atoms with Crippen LogP contribution in [-0.4, -0.2) is 29.6 Å². The second-order valence-electron chi connectivity index (χ2n) is 7.67. The van der Waals surface area contributed by atoms with E-state index < -0.39 is 21.5 Å². The Hall–Kier alpha value is -1.90. The van der Waals surface area contributed by atoms with Gasteiger partial charge in [0.05, 0.1) is 16.2 Å². The topological polar surface area (TPSA) is 93.1 Å². The van der Waals surface area contributed by atoms with Crippen molar-refractivity contribution >= 4 is 33.2 Å². The molecule has 0 aliphatic carbocycles. The fraction of sp³-hybridized carbons (Fsp3) is 0.474. The number of unbranched alkanes of at least 4 members (excludes halogenated alkanes) is 1. The van der Waals surface area contributed by atoms with E-state index in [-0.39, 0.29) is 10.0 Å². The Kier molecular flexibility index (Phi) is 6.90. The highest BCUT2D eigenvalue weighted by Crippen LogP contribution is 2.23. The molecule has 1 amide bonds. The summed E-state index contributed by atoms with van der Waals surface area (Å²) in [5.74, 6) is -0.427. The van der Waals surface area contributed by atoms with Crippen LogP contribution in [0.3, 0.4) is 0 Å². The number of hydrogen-bond acceptors (Lipinski definition) is 4. The number of halogens is 1. The first-order valence-electron chi connectivity index (χ1n) is 9.13. The number of benzene rings is 1. The number of amides is 1. The fourth-order valence-corrected chi connectivity index (χ4v) is 4.47. The monoisotopic (exact) mass is 426 g/mol. The van der Waals surface area contributed by atoms with Crippen LogP contribution < -0.4 is 10.0 Å². The molecule has 0 spiro atoms. The third kappa shape index (κ3) is 5.56. The maximum atomic E-state index is 12.7. The third-order valence-electron chi connectivity index (χ3n) is 3.86. The van der Waals surface area contributed by atoms with Crippen molar-refractivity contribution in [1.29, 1.82) is 0 Å². The molecule has 7 nitrogen and oxygen atoms in total. The smallest absolute Gasteiger partial charge is 0.260 e. The van der Waals surface area contributed by atoms with E-state index in [2.05, 4.69) is 22.1 Å². The Morgan fingerprint density at radius 1 is 1.29 bits per heavy atom. The zero-order valence-electron chi connectivity index (χ0n) is 16.8. The van der Waals surface area contributed by atoms with Crippen LogP contribution >= 0.6 is 11.6 Å². The molecule has 0 saturated carbocycles. The maximum absolute atomic E-state index is 12.7. The van der Waals surface area contributed by atoms with E-state index in [1.165, 1.54) is 12.1 Å². The van der Waals surface area contributed by atoms with E-state index in [1.54, 1.807) is 44.5 Å². The van der Waals surface area contributed by atoms with E-state index in [0.717, 1.165) is 12.8 Å². The predicted octanol–water partition coefficient (Wildman–Crippen LogP) is 3.97. The molecule has 0 aliphatic heterocycles. The molecule has 1 aromatic carbocycles. The van der Waals surface area contributed by atoms with Gasteiger partial charge >= 0.3 is 0 Å². The average molecular weight is 427 g/mol. The zero-order chi connectivity index (χ0) is 21.1. The van der Waals surface area contributed by atoms with Gasteiger partial charge < -0.3 is 5.32 Å². The number of sulfonamides is 1. The second kappa shape index (κ2) is 8.63. The molecule has 28 heavy (non-hydrogen) atoms. The van der Waals surface area contributed by atoms with Crippen molar-refractivity contribution in [1.82, 2.24) is 14.5 Å². The van der Waals surface area contributed by atoms with Gasteiger partial charge in [-0.2, -0.15) is 5.10 Å². The third-order valence-corrected chi connectivity index (χ3v) is 6.00. The summed E-state index contributed by atoms with van der Waals surface area (Å²) in [4.78, 5) is 12.8. The standard InChI is InChI=1S/C19H27ClN4O3S/c1-6-7-11-24-17(20)16(13(2)22-24)18(25)21-14-9-8-10-15(12-14)28(26,27)23-19(3,4)5/h8-10,12,23H,6-7,11H2,1-5H3,(H,21,25). The molecule has 2 N–H and O–H groups in total. The van der Waals surface area contributed by atoms with Gasteiger partial charge in [-0.05, 0) is 52.3 Å². The number of aromatic nitrogens is 2. The normalized spacial score (nSPS) is 12.2. The highest BCUT2D eigenvalue weighted by Gasteiger charge is 2.23. The summed E-state index contributed by atoms with van der Waals surface area (Å²) < 4.78 is 29.2. The lowest BCUT2D eigenvalue weighted by Gasteiger charge is -2.20. The molecule has 2 aromatic rings. The van der Waals surface area contributed by atoms with Crippen LogP contribution in [0.1, 0.15) is 56.6 Å². The summed E-state index contributed by atoms with van der Waals surface area (Å²) in [5.41, 5.74) is 0.560. The summed E-state index contributed by atoms with van der Waals surface area (Å²) in [6.45, 7) is 9.70. The molecule has 0 saturated heterocycles. The van der Waals surface area contributed by atoms with Crippen LogP contribution in [0, 0.1) is 6.92 Å². The maximum Gasteiger partial charge on any atom is 0.260 e. The largest absolute Gasteiger partial charge is 0.322 e. The number of anilines is 1. The van der Waals surface area contributed by atoms with Crippen molar-refractivity contribution in [3.63, 3.8) is 0 Å². The predicted molar refractivity (Wildman–Crippen MR) is 111 cm³/mol. The molecule has 1 aromatic heterocycles. The zero-order valence-corrected chi connectivity index (χ0v) is 18.4. The highest BCUT2D eigenvalue weighted by molar-refractivity contribution is 7.89. The van der Waals surface area contributed by atoms with Gasteiger partial charge in [0, 0.05) is 17.8 Å². The van der Waals surface area contributed by atoms with Crippen LogP contribution in [0.4, 0.5) is 5.69 Å². The van der Waals surface area contributed by atoms with Crippen LogP contribution in [0.25, 0.3) is 0 Å². The number of nitrogens with zero attached hydrogens (tertiary/aromatic N) is 2. The number of rotatable bonds is 7. The average Bonchev–Trinajstić information content (AvgIpc) is 2.85. The van der Waals surface area contributed by atoms with Gasteiger partial charge in [-0.15, -0.1) is 0 Å². The summed E-state index contributed by atoms with van der Waals surface area (Å²) in [6.07, 6.45) is 1.89. The molecular formula is C19H27ClN4O3S. The minimum absolute atomic E-state index is 0.0710. The van der Waals surface area contributed by atoms with Gasteiger partial charge in [-0.1, -0.05) is 31.0 Å². The second-order valence-corrected chi connectivity index (χ2v) is 9.71. The van der Waals surface area contributed by atoms with E-state index in [4.69, 9.17) is 11.6 Å². The molecule has 0 unspecified atom stereocenters. The van der Waals surface area contributed by atoms with Crippen molar-refractivity contribution in [2.45, 2.75) is 64.4 Å². The number of carbonyl (C=O) groups excluding carboxylic acids is 1. The lowest BCUT2D eigenvalue weighted by Crippen LogP contribution is -2.40. The minimum Gasteiger partial charge on any atom is -0.322 e. The molecule has 9 heteroatoms. The van der Waals surface area contributed by atoms with Gasteiger partial charge in [0.15, 0.2) is 0 Å². The molecule has 1 heterocycles. The molecule has 0 bridgehead atoms. The van der Waals surface area contributed by atoms with Crippen LogP contribution in [0.5, 0.6) is 0 Å². The summed E-state index contributed by atoms with van der Waals surface area (Å²) in [5, 5.41) is 7.32.